The summed E-state index contributed by atoms with van der Waals surface area (Å²) < 4.78 is 2.38. The number of fused-ring (bicyclic) bond motifs is 1. The van der Waals surface area contributed by atoms with Crippen LogP contribution in [-0.4, -0.2) is 4.57 Å². The predicted octanol–water partition coefficient (Wildman–Crippen LogP) is 5.02. The number of benzene rings is 1. The van der Waals surface area contributed by atoms with Crippen LogP contribution in [0.1, 0.15) is 54.3 Å². The third kappa shape index (κ3) is 1.82. The normalized spacial score (nSPS) is 12.5. The van der Waals surface area contributed by atoms with Gasteiger partial charge in [0.25, 0.3) is 0 Å². The number of nitrogens with zero attached hydrogens (tertiary/aromatic N) is 1. The van der Waals surface area contributed by atoms with E-state index in [-0.39, 0.29) is 5.41 Å². The smallest absolute Gasteiger partial charge is 0.0526 e. The van der Waals surface area contributed by atoms with Gasteiger partial charge in [-0.15, -0.1) is 0 Å². The first-order valence-corrected chi connectivity index (χ1v) is 7.14. The summed E-state index contributed by atoms with van der Waals surface area (Å²) in [6, 6.07) is 0. The lowest BCUT2D eigenvalue weighted by Crippen LogP contribution is -2.16. The zero-order valence-electron chi connectivity index (χ0n) is 13.9. The molecule has 0 unspecified atom stereocenters. The minimum atomic E-state index is 0.172. The van der Waals surface area contributed by atoms with Gasteiger partial charge in [0, 0.05) is 18.1 Å². The molecule has 0 atom stereocenters. The molecule has 2 aromatic rings. The molecule has 0 aliphatic carbocycles. The Morgan fingerprint density at radius 2 is 1.26 bits per heavy atom. The molecule has 0 bridgehead atoms. The summed E-state index contributed by atoms with van der Waals surface area (Å²) in [4.78, 5) is 0. The molecule has 19 heavy (non-hydrogen) atoms. The summed E-state index contributed by atoms with van der Waals surface area (Å²) in [6.45, 7) is 18.3. The van der Waals surface area contributed by atoms with E-state index in [0.29, 0.717) is 0 Å². The first-order chi connectivity index (χ1) is 8.59. The molecule has 1 aromatic heterocycles. The first kappa shape index (κ1) is 14.2. The number of aryl methyl sites for hydroxylation is 3. The molecule has 1 aromatic carbocycles. The molecule has 0 spiro atoms. The highest BCUT2D eigenvalue weighted by atomic mass is 14.9. The molecule has 0 fully saturated rings. The zero-order chi connectivity index (χ0) is 14.7. The van der Waals surface area contributed by atoms with Crippen LogP contribution in [0.3, 0.4) is 0 Å². The van der Waals surface area contributed by atoms with Crippen molar-refractivity contribution < 1.29 is 0 Å². The van der Waals surface area contributed by atoms with Crippen LogP contribution in [0.5, 0.6) is 0 Å². The third-order valence-electron chi connectivity index (χ3n) is 4.85. The Kier molecular flexibility index (Phi) is 3.08. The lowest BCUT2D eigenvalue weighted by Gasteiger charge is -2.26. The van der Waals surface area contributed by atoms with Crippen molar-refractivity contribution in [2.75, 3.05) is 0 Å². The molecule has 0 aliphatic heterocycles. The summed E-state index contributed by atoms with van der Waals surface area (Å²) in [7, 11) is 2.20. The Morgan fingerprint density at radius 1 is 0.737 bits per heavy atom. The van der Waals surface area contributed by atoms with Crippen molar-refractivity contribution in [2.45, 2.75) is 60.8 Å². The van der Waals surface area contributed by atoms with Gasteiger partial charge in [-0.25, -0.2) is 0 Å². The van der Waals surface area contributed by atoms with Gasteiger partial charge < -0.3 is 4.57 Å². The van der Waals surface area contributed by atoms with Gasteiger partial charge in [0.05, 0.1) is 5.52 Å². The monoisotopic (exact) mass is 257 g/mol. The second-order valence-electron chi connectivity index (χ2n) is 6.99. The van der Waals surface area contributed by atoms with Crippen LogP contribution in [0, 0.1) is 34.6 Å². The quantitative estimate of drug-likeness (QED) is 0.624. The van der Waals surface area contributed by atoms with Gasteiger partial charge in [0.2, 0.25) is 0 Å². The number of hydrogen-bond donors (Lipinski definition) is 0. The Balaban J connectivity index is 3.17. The molecule has 1 heteroatoms. The van der Waals surface area contributed by atoms with E-state index in [1.165, 1.54) is 44.4 Å². The molecule has 0 saturated carbocycles. The van der Waals surface area contributed by atoms with Gasteiger partial charge in [-0.05, 0) is 67.9 Å². The molecular weight excluding hydrogens is 230 g/mol. The van der Waals surface area contributed by atoms with E-state index >= 15 is 0 Å². The minimum absolute atomic E-state index is 0.172. The van der Waals surface area contributed by atoms with Crippen LogP contribution < -0.4 is 0 Å². The Labute approximate surface area is 117 Å². The van der Waals surface area contributed by atoms with Crippen molar-refractivity contribution in [2.24, 2.45) is 7.05 Å². The molecule has 0 N–H and O–H groups in total. The summed E-state index contributed by atoms with van der Waals surface area (Å²) in [6.07, 6.45) is 0. The number of rotatable bonds is 0. The van der Waals surface area contributed by atoms with Crippen molar-refractivity contribution in [3.8, 4) is 0 Å². The summed E-state index contributed by atoms with van der Waals surface area (Å²) in [5.41, 5.74) is 10.3. The molecule has 0 saturated heterocycles. The number of hydrogen-bond acceptors (Lipinski definition) is 0. The maximum absolute atomic E-state index is 2.38. The predicted molar refractivity (Wildman–Crippen MR) is 85.3 cm³/mol. The van der Waals surface area contributed by atoms with Crippen molar-refractivity contribution in [1.82, 2.24) is 4.57 Å². The van der Waals surface area contributed by atoms with E-state index in [0.717, 1.165) is 0 Å². The Morgan fingerprint density at radius 3 is 1.74 bits per heavy atom. The second-order valence-corrected chi connectivity index (χ2v) is 6.99. The standard InChI is InChI=1S/C18H27N/c1-10-11(2)15-13(4)14(5)19(9)17(15)16(12(10)3)18(6,7)8/h1-9H3. The molecule has 0 amide bonds. The third-order valence-corrected chi connectivity index (χ3v) is 4.85. The minimum Gasteiger partial charge on any atom is -0.347 e. The van der Waals surface area contributed by atoms with E-state index in [4.69, 9.17) is 0 Å². The maximum atomic E-state index is 2.38. The van der Waals surface area contributed by atoms with E-state index in [9.17, 15) is 0 Å². The Bertz CT molecular complexity index is 664. The number of aromatic nitrogens is 1. The van der Waals surface area contributed by atoms with Crippen LogP contribution in [0.2, 0.25) is 0 Å². The van der Waals surface area contributed by atoms with Gasteiger partial charge in [0.1, 0.15) is 0 Å². The second kappa shape index (κ2) is 4.13. The van der Waals surface area contributed by atoms with Crippen LogP contribution in [0.4, 0.5) is 0 Å². The van der Waals surface area contributed by atoms with Crippen LogP contribution in [0.25, 0.3) is 10.9 Å². The van der Waals surface area contributed by atoms with Crippen molar-refractivity contribution in [3.05, 3.63) is 33.5 Å². The molecule has 0 radical (unpaired) electrons. The highest BCUT2D eigenvalue weighted by Gasteiger charge is 2.25. The van der Waals surface area contributed by atoms with E-state index in [1.807, 2.05) is 0 Å². The van der Waals surface area contributed by atoms with Crippen molar-refractivity contribution in [1.29, 1.82) is 0 Å². The lowest BCUT2D eigenvalue weighted by molar-refractivity contribution is 0.587. The fraction of sp³-hybridized carbons (Fsp3) is 0.556. The first-order valence-electron chi connectivity index (χ1n) is 7.14. The van der Waals surface area contributed by atoms with E-state index < -0.39 is 0 Å². The van der Waals surface area contributed by atoms with Gasteiger partial charge in [-0.3, -0.25) is 0 Å². The average molecular weight is 257 g/mol. The SMILES string of the molecule is Cc1c(C)c(C(C)(C)C)c2c(c1C)c(C)c(C)n2C. The van der Waals surface area contributed by atoms with Gasteiger partial charge in [-0.2, -0.15) is 0 Å². The topological polar surface area (TPSA) is 4.93 Å². The Hall–Kier alpha value is -1.24. The summed E-state index contributed by atoms with van der Waals surface area (Å²) in [5, 5.41) is 1.47. The summed E-state index contributed by atoms with van der Waals surface area (Å²) >= 11 is 0. The highest BCUT2D eigenvalue weighted by molar-refractivity contribution is 5.93. The van der Waals surface area contributed by atoms with Gasteiger partial charge >= 0.3 is 0 Å². The molecule has 2 rings (SSSR count). The largest absolute Gasteiger partial charge is 0.347 e. The van der Waals surface area contributed by atoms with Crippen LogP contribution >= 0.6 is 0 Å². The molecule has 0 aliphatic rings. The van der Waals surface area contributed by atoms with Crippen molar-refractivity contribution in [3.63, 3.8) is 0 Å². The zero-order valence-corrected chi connectivity index (χ0v) is 13.9. The van der Waals surface area contributed by atoms with E-state index in [1.54, 1.807) is 0 Å². The molecular formula is C18H27N. The van der Waals surface area contributed by atoms with Gasteiger partial charge in [0.15, 0.2) is 0 Å². The molecule has 1 nitrogen and oxygen atoms in total. The average Bonchev–Trinajstić information content (AvgIpc) is 2.50. The fourth-order valence-corrected chi connectivity index (χ4v) is 3.45. The van der Waals surface area contributed by atoms with Crippen molar-refractivity contribution >= 4 is 10.9 Å². The van der Waals surface area contributed by atoms with Crippen LogP contribution in [-0.2, 0) is 12.5 Å². The fourth-order valence-electron chi connectivity index (χ4n) is 3.45. The van der Waals surface area contributed by atoms with Gasteiger partial charge in [-0.1, -0.05) is 20.8 Å². The maximum Gasteiger partial charge on any atom is 0.0526 e. The highest BCUT2D eigenvalue weighted by Crippen LogP contribution is 2.39. The molecule has 1 heterocycles. The van der Waals surface area contributed by atoms with Crippen LogP contribution in [0.15, 0.2) is 0 Å². The lowest BCUT2D eigenvalue weighted by atomic mass is 9.79. The summed E-state index contributed by atoms with van der Waals surface area (Å²) in [5.74, 6) is 0. The molecule has 104 valence electrons. The van der Waals surface area contributed by atoms with E-state index in [2.05, 4.69) is 67.0 Å².